The van der Waals surface area contributed by atoms with Gasteiger partial charge >= 0.3 is 0 Å². The summed E-state index contributed by atoms with van der Waals surface area (Å²) in [4.78, 5) is 20.5. The van der Waals surface area contributed by atoms with Crippen LogP contribution in [0, 0.1) is 0 Å². The number of carbonyl (C=O) groups is 2. The Morgan fingerprint density at radius 1 is 0.941 bits per heavy atom. The summed E-state index contributed by atoms with van der Waals surface area (Å²) in [5.74, 6) is -1.03. The molecule has 0 aromatic carbocycles. The minimum absolute atomic E-state index is 0.0385. The molecule has 0 saturated heterocycles. The molecule has 2 atom stereocenters. The van der Waals surface area contributed by atoms with Crippen molar-refractivity contribution < 1.29 is 9.59 Å². The Morgan fingerprint density at radius 2 is 1.24 bits per heavy atom. The molecule has 0 unspecified atom stereocenters. The topological polar surface area (TPSA) is 58.2 Å². The highest BCUT2D eigenvalue weighted by Gasteiger charge is 2.31. The maximum atomic E-state index is 11.5. The van der Waals surface area contributed by atoms with Crippen LogP contribution >= 0.6 is 46.4 Å². The molecule has 0 heterocycles. The van der Waals surface area contributed by atoms with Crippen LogP contribution in [0.25, 0.3) is 0 Å². The monoisotopic (exact) mass is 322 g/mol. The Labute approximate surface area is 120 Å². The molecule has 0 aliphatic rings. The molecule has 2 amide bonds. The van der Waals surface area contributed by atoms with Crippen molar-refractivity contribution in [3.63, 3.8) is 0 Å². The summed E-state index contributed by atoms with van der Waals surface area (Å²) in [5.41, 5.74) is 0. The molecule has 8 heteroatoms. The number of nitrogens with one attached hydrogen (secondary N) is 2. The van der Waals surface area contributed by atoms with Crippen LogP contribution in [-0.4, -0.2) is 40.0 Å². The Balaban J connectivity index is 4.10. The molecule has 0 radical (unpaired) electrons. The normalized spacial score (nSPS) is 17.8. The first-order valence-corrected chi connectivity index (χ1v) is 6.56. The van der Waals surface area contributed by atoms with Crippen molar-refractivity contribution in [2.24, 2.45) is 0 Å². The van der Waals surface area contributed by atoms with Crippen molar-refractivity contribution in [1.29, 1.82) is 0 Å². The van der Waals surface area contributed by atoms with Gasteiger partial charge in [0.15, 0.2) is 0 Å². The molecule has 100 valence electrons. The van der Waals surface area contributed by atoms with E-state index >= 15 is 0 Å². The molecular formula is C9H14Cl4N2O2. The van der Waals surface area contributed by atoms with E-state index in [9.17, 15) is 9.59 Å². The SMILES string of the molecule is C[C@@](Cl)(CCl)C(=O)NCNC(=O)[C@](C)(Cl)CCl. The molecule has 0 fully saturated rings. The second-order valence-electron chi connectivity index (χ2n) is 3.85. The van der Waals surface area contributed by atoms with E-state index in [1.54, 1.807) is 0 Å². The number of carbonyl (C=O) groups excluding carboxylic acids is 2. The third-order valence-electron chi connectivity index (χ3n) is 1.95. The second kappa shape index (κ2) is 6.88. The highest BCUT2D eigenvalue weighted by Crippen LogP contribution is 2.16. The van der Waals surface area contributed by atoms with Gasteiger partial charge in [-0.05, 0) is 13.8 Å². The van der Waals surface area contributed by atoms with E-state index in [4.69, 9.17) is 46.4 Å². The van der Waals surface area contributed by atoms with Gasteiger partial charge in [0.05, 0.1) is 18.4 Å². The molecular weight excluding hydrogens is 310 g/mol. The van der Waals surface area contributed by atoms with E-state index in [-0.39, 0.29) is 18.4 Å². The van der Waals surface area contributed by atoms with Crippen LogP contribution in [0.3, 0.4) is 0 Å². The smallest absolute Gasteiger partial charge is 0.243 e. The second-order valence-corrected chi connectivity index (χ2v) is 6.05. The van der Waals surface area contributed by atoms with Crippen molar-refractivity contribution in [2.75, 3.05) is 18.4 Å². The summed E-state index contributed by atoms with van der Waals surface area (Å²) >= 11 is 22.6. The minimum Gasteiger partial charge on any atom is -0.337 e. The maximum Gasteiger partial charge on any atom is 0.243 e. The number of alkyl halides is 4. The van der Waals surface area contributed by atoms with Gasteiger partial charge in [-0.25, -0.2) is 0 Å². The molecule has 0 aliphatic heterocycles. The van der Waals surface area contributed by atoms with Crippen molar-refractivity contribution in [3.05, 3.63) is 0 Å². The van der Waals surface area contributed by atoms with Crippen LogP contribution in [-0.2, 0) is 9.59 Å². The molecule has 4 nitrogen and oxygen atoms in total. The minimum atomic E-state index is -1.21. The van der Waals surface area contributed by atoms with Crippen LogP contribution in [0.1, 0.15) is 13.8 Å². The van der Waals surface area contributed by atoms with Crippen LogP contribution in [0.4, 0.5) is 0 Å². The molecule has 0 aromatic heterocycles. The summed E-state index contributed by atoms with van der Waals surface area (Å²) < 4.78 is 0. The van der Waals surface area contributed by atoms with Gasteiger partial charge in [-0.1, -0.05) is 0 Å². The van der Waals surface area contributed by atoms with Gasteiger partial charge in [0.1, 0.15) is 9.75 Å². The van der Waals surface area contributed by atoms with E-state index in [2.05, 4.69) is 10.6 Å². The molecule has 0 bridgehead atoms. The standard InChI is InChI=1S/C9H14Cl4N2O2/c1-8(12,3-10)6(16)14-5-15-7(17)9(2,13)4-11/h3-5H2,1-2H3,(H,14,16)(H,15,17)/t8-,9-/m1/s1. The first-order chi connectivity index (χ1) is 7.67. The molecule has 0 aromatic rings. The van der Waals surface area contributed by atoms with Gasteiger partial charge in [0.2, 0.25) is 11.8 Å². The third-order valence-corrected chi connectivity index (χ3v) is 3.90. The lowest BCUT2D eigenvalue weighted by molar-refractivity contribution is -0.124. The van der Waals surface area contributed by atoms with E-state index in [1.807, 2.05) is 0 Å². The number of hydrogen-bond donors (Lipinski definition) is 2. The number of hydrogen-bond acceptors (Lipinski definition) is 2. The van der Waals surface area contributed by atoms with E-state index in [0.717, 1.165) is 0 Å². The van der Waals surface area contributed by atoms with E-state index in [1.165, 1.54) is 13.8 Å². The van der Waals surface area contributed by atoms with Gasteiger partial charge in [-0.3, -0.25) is 9.59 Å². The number of halogens is 4. The Kier molecular flexibility index (Phi) is 6.92. The van der Waals surface area contributed by atoms with E-state index < -0.39 is 21.6 Å². The van der Waals surface area contributed by atoms with Crippen LogP contribution in [0.5, 0.6) is 0 Å². The molecule has 0 rings (SSSR count). The molecule has 0 spiro atoms. The summed E-state index contributed by atoms with van der Waals surface area (Å²) in [5, 5.41) is 4.82. The zero-order chi connectivity index (χ0) is 13.7. The van der Waals surface area contributed by atoms with Gasteiger partial charge in [-0.2, -0.15) is 0 Å². The Morgan fingerprint density at radius 3 is 1.47 bits per heavy atom. The first-order valence-electron chi connectivity index (χ1n) is 4.73. The van der Waals surface area contributed by atoms with Gasteiger partial charge < -0.3 is 10.6 Å². The zero-order valence-electron chi connectivity index (χ0n) is 9.45. The average Bonchev–Trinajstić information content (AvgIpc) is 2.28. The maximum absolute atomic E-state index is 11.5. The lowest BCUT2D eigenvalue weighted by Gasteiger charge is -2.21. The molecule has 0 aliphatic carbocycles. The van der Waals surface area contributed by atoms with Gasteiger partial charge in [0.25, 0.3) is 0 Å². The number of rotatable bonds is 6. The number of amides is 2. The zero-order valence-corrected chi connectivity index (χ0v) is 12.5. The lowest BCUT2D eigenvalue weighted by Crippen LogP contribution is -2.50. The van der Waals surface area contributed by atoms with Crippen LogP contribution < -0.4 is 10.6 Å². The lowest BCUT2D eigenvalue weighted by atomic mass is 10.2. The van der Waals surface area contributed by atoms with Crippen molar-refractivity contribution in [3.8, 4) is 0 Å². The highest BCUT2D eigenvalue weighted by atomic mass is 35.5. The summed E-state index contributed by atoms with van der Waals surface area (Å²) in [6, 6.07) is 0. The van der Waals surface area contributed by atoms with Crippen molar-refractivity contribution in [1.82, 2.24) is 10.6 Å². The summed E-state index contributed by atoms with van der Waals surface area (Å²) in [6.45, 7) is 2.86. The fourth-order valence-corrected chi connectivity index (χ4v) is 1.07. The average molecular weight is 324 g/mol. The van der Waals surface area contributed by atoms with Crippen LogP contribution in [0.15, 0.2) is 0 Å². The van der Waals surface area contributed by atoms with Crippen LogP contribution in [0.2, 0.25) is 0 Å². The largest absolute Gasteiger partial charge is 0.337 e. The van der Waals surface area contributed by atoms with Gasteiger partial charge in [0, 0.05) is 0 Å². The highest BCUT2D eigenvalue weighted by molar-refractivity contribution is 6.40. The van der Waals surface area contributed by atoms with Crippen molar-refractivity contribution in [2.45, 2.75) is 23.6 Å². The fraction of sp³-hybridized carbons (Fsp3) is 0.778. The molecule has 0 saturated carbocycles. The predicted octanol–water partition coefficient (Wildman–Crippen LogP) is 1.65. The summed E-state index contributed by atoms with van der Waals surface area (Å²) in [7, 11) is 0. The van der Waals surface area contributed by atoms with Gasteiger partial charge in [-0.15, -0.1) is 46.4 Å². The Bertz CT molecular complexity index is 267. The van der Waals surface area contributed by atoms with Crippen molar-refractivity contribution >= 4 is 58.2 Å². The Hall–Kier alpha value is 0.1000. The quantitative estimate of drug-likeness (QED) is 0.577. The predicted molar refractivity (Wildman–Crippen MR) is 71.1 cm³/mol. The molecule has 17 heavy (non-hydrogen) atoms. The third kappa shape index (κ3) is 5.51. The fourth-order valence-electron chi connectivity index (χ4n) is 0.695. The summed E-state index contributed by atoms with van der Waals surface area (Å²) in [6.07, 6.45) is 0. The first kappa shape index (κ1) is 17.1. The van der Waals surface area contributed by atoms with E-state index in [0.29, 0.717) is 0 Å². The molecule has 2 N–H and O–H groups in total.